The Bertz CT molecular complexity index is 471. The number of benzene rings is 1. The molecule has 0 aliphatic carbocycles. The predicted molar refractivity (Wildman–Crippen MR) is 46.1 cm³/mol. The Morgan fingerprint density at radius 2 is 2.33 bits per heavy atom. The van der Waals surface area contributed by atoms with Crippen molar-refractivity contribution in [3.05, 3.63) is 17.2 Å². The molecule has 0 saturated carbocycles. The molecular formula is C8H6O3Si. The van der Waals surface area contributed by atoms with Gasteiger partial charge in [0.25, 0.3) is 0 Å². The molecule has 2 aromatic rings. The molecule has 0 radical (unpaired) electrons. The minimum atomic E-state index is -0.236. The first-order valence-electron chi connectivity index (χ1n) is 3.79. The Balaban J connectivity index is 2.48. The molecule has 0 saturated heterocycles. The quantitative estimate of drug-likeness (QED) is 0.404. The molecule has 60 valence electrons. The van der Waals surface area contributed by atoms with Crippen LogP contribution in [0.1, 0.15) is 15.9 Å². The number of esters is 1. The van der Waals surface area contributed by atoms with Gasteiger partial charge in [-0.3, -0.25) is 0 Å². The van der Waals surface area contributed by atoms with E-state index in [1.54, 1.807) is 0 Å². The highest BCUT2D eigenvalue weighted by molar-refractivity contribution is 6.38. The average Bonchev–Trinajstić information content (AvgIpc) is 2.62. The van der Waals surface area contributed by atoms with E-state index in [2.05, 4.69) is 0 Å². The van der Waals surface area contributed by atoms with Crippen LogP contribution >= 0.6 is 0 Å². The molecular weight excluding hydrogens is 172 g/mol. The van der Waals surface area contributed by atoms with Crippen molar-refractivity contribution in [2.24, 2.45) is 0 Å². The van der Waals surface area contributed by atoms with E-state index in [-0.39, 0.29) is 5.97 Å². The molecule has 3 heterocycles. The zero-order chi connectivity index (χ0) is 8.29. The summed E-state index contributed by atoms with van der Waals surface area (Å²) in [6.07, 6.45) is 0. The molecule has 0 spiro atoms. The largest absolute Gasteiger partial charge is 0.457 e. The lowest BCUT2D eigenvalue weighted by molar-refractivity contribution is 0.0534. The van der Waals surface area contributed by atoms with Gasteiger partial charge in [0, 0.05) is 10.2 Å². The number of carbonyl (C=O) groups excluding carboxylic acids is 1. The van der Waals surface area contributed by atoms with Crippen LogP contribution in [0.3, 0.4) is 0 Å². The van der Waals surface area contributed by atoms with Crippen molar-refractivity contribution in [2.75, 3.05) is 0 Å². The maximum Gasteiger partial charge on any atom is 0.342 e. The van der Waals surface area contributed by atoms with Crippen LogP contribution in [0.15, 0.2) is 10.5 Å². The van der Waals surface area contributed by atoms with E-state index >= 15 is 0 Å². The Morgan fingerprint density at radius 3 is 3.17 bits per heavy atom. The maximum atomic E-state index is 11.1. The first kappa shape index (κ1) is 6.25. The Morgan fingerprint density at radius 1 is 1.50 bits per heavy atom. The summed E-state index contributed by atoms with van der Waals surface area (Å²) in [5, 5.41) is 1.22. The lowest BCUT2D eigenvalue weighted by Gasteiger charge is -1.88. The van der Waals surface area contributed by atoms with Crippen LogP contribution in [-0.2, 0) is 11.3 Å². The zero-order valence-corrected chi connectivity index (χ0v) is 8.51. The molecule has 0 fully saturated rings. The minimum absolute atomic E-state index is 0.236. The third-order valence-electron chi connectivity index (χ3n) is 2.29. The Hall–Kier alpha value is -1.29. The van der Waals surface area contributed by atoms with Crippen molar-refractivity contribution >= 4 is 32.6 Å². The molecule has 0 amide bonds. The van der Waals surface area contributed by atoms with Crippen molar-refractivity contribution in [3.8, 4) is 0 Å². The summed E-state index contributed by atoms with van der Waals surface area (Å²) >= 11 is 0. The summed E-state index contributed by atoms with van der Waals surface area (Å²) in [5.74, 6) is -0.236. The molecule has 2 bridgehead atoms. The van der Waals surface area contributed by atoms with E-state index in [9.17, 15) is 4.79 Å². The lowest BCUT2D eigenvalue weighted by atomic mass is 10.1. The van der Waals surface area contributed by atoms with Crippen LogP contribution in [0.5, 0.6) is 0 Å². The highest BCUT2D eigenvalue weighted by Crippen LogP contribution is 2.32. The van der Waals surface area contributed by atoms with Gasteiger partial charge in [-0.1, -0.05) is 0 Å². The molecule has 0 atom stereocenters. The van der Waals surface area contributed by atoms with Gasteiger partial charge < -0.3 is 9.15 Å². The number of hydrogen-bond donors (Lipinski definition) is 0. The highest BCUT2D eigenvalue weighted by atomic mass is 28.1. The molecule has 1 aliphatic heterocycles. The van der Waals surface area contributed by atoms with Gasteiger partial charge in [0.2, 0.25) is 0 Å². The van der Waals surface area contributed by atoms with E-state index < -0.39 is 0 Å². The van der Waals surface area contributed by atoms with Crippen molar-refractivity contribution in [2.45, 2.75) is 6.61 Å². The second-order valence-electron chi connectivity index (χ2n) is 3.05. The van der Waals surface area contributed by atoms with Crippen LogP contribution < -0.4 is 5.19 Å². The zero-order valence-electron chi connectivity index (χ0n) is 6.51. The number of fused-ring (bicyclic) bond motifs is 5. The van der Waals surface area contributed by atoms with Crippen LogP contribution in [-0.4, -0.2) is 16.2 Å². The number of rotatable bonds is 0. The third kappa shape index (κ3) is 0.514. The molecule has 4 heteroatoms. The molecule has 3 nitrogen and oxygen atoms in total. The van der Waals surface area contributed by atoms with Gasteiger partial charge in [0.1, 0.15) is 23.3 Å². The number of ether oxygens (including phenoxy) is 1. The summed E-state index contributed by atoms with van der Waals surface area (Å²) in [6, 6.07) is 1.94. The second-order valence-corrected chi connectivity index (χ2v) is 4.13. The van der Waals surface area contributed by atoms with Crippen LogP contribution in [0.25, 0.3) is 11.2 Å². The molecule has 1 aliphatic rings. The van der Waals surface area contributed by atoms with Gasteiger partial charge in [0.15, 0.2) is 0 Å². The monoisotopic (exact) mass is 178 g/mol. The van der Waals surface area contributed by atoms with E-state index in [0.29, 0.717) is 17.8 Å². The standard InChI is InChI=1S/C8H6O3Si/c9-8-6-3(2-10-8)7-5(12)1-4(6)11-7/h1H,2H2,12H3. The normalized spacial score (nSPS) is 15.8. The first-order valence-corrected chi connectivity index (χ1v) is 4.79. The summed E-state index contributed by atoms with van der Waals surface area (Å²) in [5.41, 5.74) is 3.21. The topological polar surface area (TPSA) is 39.4 Å². The smallest absolute Gasteiger partial charge is 0.342 e. The van der Waals surface area contributed by atoms with Gasteiger partial charge in [-0.2, -0.15) is 0 Å². The fraction of sp³-hybridized carbons (Fsp3) is 0.125. The number of furan rings is 2. The molecule has 2 aromatic heterocycles. The van der Waals surface area contributed by atoms with Gasteiger partial charge in [-0.05, 0) is 11.3 Å². The van der Waals surface area contributed by atoms with Crippen LogP contribution in [0, 0.1) is 0 Å². The average molecular weight is 178 g/mol. The number of cyclic esters (lactones) is 1. The van der Waals surface area contributed by atoms with Gasteiger partial charge >= 0.3 is 5.97 Å². The van der Waals surface area contributed by atoms with E-state index in [0.717, 1.165) is 21.4 Å². The van der Waals surface area contributed by atoms with Crippen LogP contribution in [0.2, 0.25) is 0 Å². The highest BCUT2D eigenvalue weighted by Gasteiger charge is 2.31. The van der Waals surface area contributed by atoms with E-state index in [1.807, 2.05) is 6.07 Å². The van der Waals surface area contributed by atoms with Crippen LogP contribution in [0.4, 0.5) is 0 Å². The molecule has 3 rings (SSSR count). The van der Waals surface area contributed by atoms with Crippen molar-refractivity contribution in [1.29, 1.82) is 0 Å². The number of hydrogen-bond acceptors (Lipinski definition) is 3. The van der Waals surface area contributed by atoms with Gasteiger partial charge in [-0.15, -0.1) is 0 Å². The maximum absolute atomic E-state index is 11.1. The summed E-state index contributed by atoms with van der Waals surface area (Å²) < 4.78 is 10.3. The first-order chi connectivity index (χ1) is 5.77. The lowest BCUT2D eigenvalue weighted by Crippen LogP contribution is -2.01. The fourth-order valence-electron chi connectivity index (χ4n) is 1.74. The fourth-order valence-corrected chi connectivity index (χ4v) is 2.40. The second kappa shape index (κ2) is 1.72. The van der Waals surface area contributed by atoms with Crippen molar-refractivity contribution in [1.82, 2.24) is 0 Å². The minimum Gasteiger partial charge on any atom is -0.457 e. The Kier molecular flexibility index (Phi) is 0.894. The molecule has 0 unspecified atom stereocenters. The SMILES string of the molecule is O=C1OCc2c1c1cc([SiH3])c2o1. The summed E-state index contributed by atoms with van der Waals surface area (Å²) in [7, 11) is 0.958. The third-order valence-corrected chi connectivity index (χ3v) is 3.03. The van der Waals surface area contributed by atoms with Gasteiger partial charge in [0.05, 0.1) is 5.56 Å². The Labute approximate surface area is 71.1 Å². The summed E-state index contributed by atoms with van der Waals surface area (Å²) in [4.78, 5) is 11.1. The predicted octanol–water partition coefficient (Wildman–Crippen LogP) is -0.468. The van der Waals surface area contributed by atoms with E-state index in [4.69, 9.17) is 9.15 Å². The van der Waals surface area contributed by atoms with Crippen molar-refractivity contribution in [3.63, 3.8) is 0 Å². The summed E-state index contributed by atoms with van der Waals surface area (Å²) in [6.45, 7) is 0.395. The number of carbonyl (C=O) groups is 1. The molecule has 12 heavy (non-hydrogen) atoms. The molecule has 0 N–H and O–H groups in total. The van der Waals surface area contributed by atoms with Crippen molar-refractivity contribution < 1.29 is 13.9 Å². The van der Waals surface area contributed by atoms with Gasteiger partial charge in [-0.25, -0.2) is 4.79 Å². The van der Waals surface area contributed by atoms with E-state index in [1.165, 1.54) is 5.19 Å². The molecule has 0 aromatic carbocycles.